The van der Waals surface area contributed by atoms with Gasteiger partial charge >= 0.3 is 0 Å². The number of amides is 1. The molecule has 1 aliphatic rings. The van der Waals surface area contributed by atoms with Gasteiger partial charge in [-0.2, -0.15) is 0 Å². The molecular formula is C15H23N3O. The van der Waals surface area contributed by atoms with E-state index in [4.69, 9.17) is 5.73 Å². The Hall–Kier alpha value is -1.42. The fraction of sp³-hybridized carbons (Fsp3) is 0.600. The first-order valence-corrected chi connectivity index (χ1v) is 7.04. The summed E-state index contributed by atoms with van der Waals surface area (Å²) in [6.07, 6.45) is 7.71. The second kappa shape index (κ2) is 6.66. The molecular weight excluding hydrogens is 238 g/mol. The summed E-state index contributed by atoms with van der Waals surface area (Å²) < 4.78 is 0. The Labute approximate surface area is 115 Å². The van der Waals surface area contributed by atoms with Crippen molar-refractivity contribution < 1.29 is 4.79 Å². The van der Waals surface area contributed by atoms with E-state index in [1.54, 1.807) is 6.20 Å². The summed E-state index contributed by atoms with van der Waals surface area (Å²) >= 11 is 0. The van der Waals surface area contributed by atoms with Gasteiger partial charge in [-0.05, 0) is 49.8 Å². The zero-order valence-electron chi connectivity index (χ0n) is 11.6. The van der Waals surface area contributed by atoms with Gasteiger partial charge in [-0.1, -0.05) is 6.07 Å². The third-order valence-corrected chi connectivity index (χ3v) is 4.05. The lowest BCUT2D eigenvalue weighted by atomic mass is 9.81. The molecule has 0 spiro atoms. The molecule has 4 heteroatoms. The van der Waals surface area contributed by atoms with Crippen molar-refractivity contribution in [2.24, 2.45) is 17.6 Å². The largest absolute Gasteiger partial charge is 0.341 e. The Morgan fingerprint density at radius 1 is 1.42 bits per heavy atom. The van der Waals surface area contributed by atoms with Crippen LogP contribution in [0.15, 0.2) is 24.5 Å². The highest BCUT2D eigenvalue weighted by Crippen LogP contribution is 2.29. The number of nitrogens with two attached hydrogens (primary N) is 1. The molecule has 1 heterocycles. The fourth-order valence-electron chi connectivity index (χ4n) is 2.80. The molecule has 0 unspecified atom stereocenters. The third-order valence-electron chi connectivity index (χ3n) is 4.05. The summed E-state index contributed by atoms with van der Waals surface area (Å²) in [5.74, 6) is 1.07. The van der Waals surface area contributed by atoms with Crippen LogP contribution in [0.1, 0.15) is 31.2 Å². The molecule has 0 bridgehead atoms. The summed E-state index contributed by atoms with van der Waals surface area (Å²) in [7, 11) is 1.88. The summed E-state index contributed by atoms with van der Waals surface area (Å²) in [6.45, 7) is 1.40. The summed E-state index contributed by atoms with van der Waals surface area (Å²) in [5.41, 5.74) is 6.76. The number of rotatable bonds is 4. The molecule has 104 valence electrons. The van der Waals surface area contributed by atoms with Gasteiger partial charge in [0.05, 0.1) is 0 Å². The molecule has 1 amide bonds. The zero-order valence-corrected chi connectivity index (χ0v) is 11.6. The van der Waals surface area contributed by atoms with Crippen molar-refractivity contribution in [3.63, 3.8) is 0 Å². The Morgan fingerprint density at radius 2 is 2.16 bits per heavy atom. The molecule has 2 rings (SSSR count). The van der Waals surface area contributed by atoms with Gasteiger partial charge in [0.2, 0.25) is 5.91 Å². The lowest BCUT2D eigenvalue weighted by molar-refractivity contribution is -0.136. The van der Waals surface area contributed by atoms with Crippen LogP contribution in [0.5, 0.6) is 0 Å². The lowest BCUT2D eigenvalue weighted by Gasteiger charge is -2.30. The first-order chi connectivity index (χ1) is 9.20. The van der Waals surface area contributed by atoms with Gasteiger partial charge in [-0.25, -0.2) is 0 Å². The predicted octanol–water partition coefficient (Wildman–Crippen LogP) is 1.81. The molecule has 1 fully saturated rings. The van der Waals surface area contributed by atoms with Gasteiger partial charge in [-0.15, -0.1) is 0 Å². The minimum atomic E-state index is 0.185. The van der Waals surface area contributed by atoms with Gasteiger partial charge in [0.1, 0.15) is 0 Å². The summed E-state index contributed by atoms with van der Waals surface area (Å²) in [5, 5.41) is 0. The average molecular weight is 261 g/mol. The smallest absolute Gasteiger partial charge is 0.225 e. The van der Waals surface area contributed by atoms with E-state index in [0.717, 1.165) is 37.8 Å². The highest BCUT2D eigenvalue weighted by molar-refractivity contribution is 5.78. The highest BCUT2D eigenvalue weighted by Gasteiger charge is 2.27. The van der Waals surface area contributed by atoms with Crippen molar-refractivity contribution in [2.75, 3.05) is 13.6 Å². The fourth-order valence-corrected chi connectivity index (χ4v) is 2.80. The number of hydrogen-bond donors (Lipinski definition) is 1. The summed E-state index contributed by atoms with van der Waals surface area (Å²) in [6, 6.07) is 3.90. The highest BCUT2D eigenvalue weighted by atomic mass is 16.2. The Kier molecular flexibility index (Phi) is 4.91. The number of nitrogens with zero attached hydrogens (tertiary/aromatic N) is 2. The maximum Gasteiger partial charge on any atom is 0.225 e. The van der Waals surface area contributed by atoms with E-state index in [0.29, 0.717) is 12.5 Å². The van der Waals surface area contributed by atoms with Crippen LogP contribution in [-0.2, 0) is 11.3 Å². The van der Waals surface area contributed by atoms with Gasteiger partial charge < -0.3 is 10.6 Å². The lowest BCUT2D eigenvalue weighted by Crippen LogP contribution is -2.35. The van der Waals surface area contributed by atoms with Crippen LogP contribution in [0.2, 0.25) is 0 Å². The van der Waals surface area contributed by atoms with Crippen LogP contribution < -0.4 is 5.73 Å². The van der Waals surface area contributed by atoms with E-state index >= 15 is 0 Å². The Morgan fingerprint density at radius 3 is 2.74 bits per heavy atom. The van der Waals surface area contributed by atoms with Crippen molar-refractivity contribution in [1.29, 1.82) is 0 Å². The second-order valence-electron chi connectivity index (χ2n) is 5.51. The molecule has 0 radical (unpaired) electrons. The number of pyridine rings is 1. The quantitative estimate of drug-likeness (QED) is 0.899. The SMILES string of the molecule is CN(Cc1cccnc1)C(=O)C1CCC(CN)CC1. The van der Waals surface area contributed by atoms with Crippen LogP contribution in [0, 0.1) is 11.8 Å². The van der Waals surface area contributed by atoms with Crippen LogP contribution in [0.3, 0.4) is 0 Å². The third kappa shape index (κ3) is 3.77. The van der Waals surface area contributed by atoms with Crippen molar-refractivity contribution in [3.8, 4) is 0 Å². The minimum Gasteiger partial charge on any atom is -0.341 e. The van der Waals surface area contributed by atoms with Gasteiger partial charge in [0.25, 0.3) is 0 Å². The first kappa shape index (κ1) is 14.0. The molecule has 0 aromatic carbocycles. The van der Waals surface area contributed by atoms with E-state index in [1.165, 1.54) is 0 Å². The second-order valence-corrected chi connectivity index (χ2v) is 5.51. The normalized spacial score (nSPS) is 23.1. The molecule has 0 atom stereocenters. The zero-order chi connectivity index (χ0) is 13.7. The maximum absolute atomic E-state index is 12.4. The molecule has 1 aromatic rings. The molecule has 0 saturated heterocycles. The number of carbonyl (C=O) groups is 1. The maximum atomic E-state index is 12.4. The number of aromatic nitrogens is 1. The predicted molar refractivity (Wildman–Crippen MR) is 75.2 cm³/mol. The summed E-state index contributed by atoms with van der Waals surface area (Å²) in [4.78, 5) is 18.3. The van der Waals surface area contributed by atoms with E-state index < -0.39 is 0 Å². The van der Waals surface area contributed by atoms with Crippen LogP contribution in [0.4, 0.5) is 0 Å². The molecule has 4 nitrogen and oxygen atoms in total. The van der Waals surface area contributed by atoms with E-state index in [1.807, 2.05) is 30.3 Å². The van der Waals surface area contributed by atoms with Gasteiger partial charge in [0, 0.05) is 31.9 Å². The van der Waals surface area contributed by atoms with E-state index in [2.05, 4.69) is 4.98 Å². The van der Waals surface area contributed by atoms with Crippen LogP contribution >= 0.6 is 0 Å². The van der Waals surface area contributed by atoms with Gasteiger partial charge in [0.15, 0.2) is 0 Å². The van der Waals surface area contributed by atoms with Crippen LogP contribution in [0.25, 0.3) is 0 Å². The molecule has 1 aromatic heterocycles. The Balaban J connectivity index is 1.86. The van der Waals surface area contributed by atoms with Crippen molar-refractivity contribution in [2.45, 2.75) is 32.2 Å². The molecule has 2 N–H and O–H groups in total. The van der Waals surface area contributed by atoms with Crippen molar-refractivity contribution in [3.05, 3.63) is 30.1 Å². The van der Waals surface area contributed by atoms with Crippen LogP contribution in [-0.4, -0.2) is 29.4 Å². The molecule has 1 aliphatic carbocycles. The van der Waals surface area contributed by atoms with Gasteiger partial charge in [-0.3, -0.25) is 9.78 Å². The monoisotopic (exact) mass is 261 g/mol. The van der Waals surface area contributed by atoms with E-state index in [-0.39, 0.29) is 11.8 Å². The first-order valence-electron chi connectivity index (χ1n) is 7.04. The standard InChI is InChI=1S/C15H23N3O/c1-18(11-13-3-2-8-17-10-13)15(19)14-6-4-12(9-16)5-7-14/h2-3,8,10,12,14H,4-7,9,11,16H2,1H3. The molecule has 0 aliphatic heterocycles. The van der Waals surface area contributed by atoms with Crippen molar-refractivity contribution >= 4 is 5.91 Å². The Bertz CT molecular complexity index is 399. The molecule has 19 heavy (non-hydrogen) atoms. The topological polar surface area (TPSA) is 59.2 Å². The minimum absolute atomic E-state index is 0.185. The average Bonchev–Trinajstić information content (AvgIpc) is 2.47. The number of carbonyl (C=O) groups excluding carboxylic acids is 1. The number of hydrogen-bond acceptors (Lipinski definition) is 3. The van der Waals surface area contributed by atoms with E-state index in [9.17, 15) is 4.79 Å². The molecule has 1 saturated carbocycles. The van der Waals surface area contributed by atoms with Crippen molar-refractivity contribution in [1.82, 2.24) is 9.88 Å².